The number of carbonyl (C=O) groups is 1. The summed E-state index contributed by atoms with van der Waals surface area (Å²) < 4.78 is 18.6. The molecule has 3 aliphatic rings. The monoisotopic (exact) mass is 500 g/mol. The largest absolute Gasteiger partial charge is 0.507 e. The Hall–Kier alpha value is -4.04. The fourth-order valence-corrected chi connectivity index (χ4v) is 5.89. The van der Waals surface area contributed by atoms with Crippen molar-refractivity contribution in [1.29, 1.82) is 0 Å². The molecule has 1 aromatic heterocycles. The molecule has 3 aromatic rings. The molecular formula is C29H28N2O6. The van der Waals surface area contributed by atoms with E-state index in [0.29, 0.717) is 47.4 Å². The normalized spacial score (nSPS) is 21.4. The molecule has 6 rings (SSSR count). The molecule has 0 aliphatic carbocycles. The lowest BCUT2D eigenvalue weighted by molar-refractivity contribution is 0.101. The number of rotatable bonds is 5. The lowest BCUT2D eigenvalue weighted by Gasteiger charge is -2.42. The topological polar surface area (TPSA) is 90.2 Å². The predicted octanol–water partition coefficient (Wildman–Crippen LogP) is 3.81. The Bertz CT molecular complexity index is 1490. The van der Waals surface area contributed by atoms with Gasteiger partial charge in [0.25, 0.3) is 5.56 Å². The second-order valence-corrected chi connectivity index (χ2v) is 9.89. The average molecular weight is 501 g/mol. The number of aromatic nitrogens is 1. The van der Waals surface area contributed by atoms with Crippen LogP contribution < -0.4 is 19.8 Å². The molecule has 2 bridgehead atoms. The molecule has 0 radical (unpaired) electrons. The third kappa shape index (κ3) is 4.07. The quantitative estimate of drug-likeness (QED) is 0.533. The number of nitrogens with zero attached hydrogens (tertiary/aromatic N) is 2. The molecule has 37 heavy (non-hydrogen) atoms. The number of hydrogen-bond acceptors (Lipinski definition) is 7. The van der Waals surface area contributed by atoms with Crippen LogP contribution in [0.5, 0.6) is 23.0 Å². The summed E-state index contributed by atoms with van der Waals surface area (Å²) in [4.78, 5) is 27.8. The molecule has 0 amide bonds. The van der Waals surface area contributed by atoms with Crippen molar-refractivity contribution in [3.8, 4) is 23.0 Å². The minimum Gasteiger partial charge on any atom is -0.507 e. The summed E-state index contributed by atoms with van der Waals surface area (Å²) in [6.45, 7) is 2.73. The van der Waals surface area contributed by atoms with E-state index >= 15 is 0 Å². The van der Waals surface area contributed by atoms with Crippen molar-refractivity contribution in [3.05, 3.63) is 87.0 Å². The predicted molar refractivity (Wildman–Crippen MR) is 137 cm³/mol. The highest BCUT2D eigenvalue weighted by molar-refractivity contribution is 6.15. The van der Waals surface area contributed by atoms with Crippen molar-refractivity contribution >= 4 is 11.9 Å². The molecule has 190 valence electrons. The Labute approximate surface area is 214 Å². The summed E-state index contributed by atoms with van der Waals surface area (Å²) in [5, 5.41) is 10.8. The number of likely N-dealkylation sites (tertiary alicyclic amines) is 1. The van der Waals surface area contributed by atoms with Crippen molar-refractivity contribution in [2.75, 3.05) is 27.3 Å². The lowest BCUT2D eigenvalue weighted by atomic mass is 9.83. The molecule has 3 aliphatic heterocycles. The Morgan fingerprint density at radius 3 is 2.68 bits per heavy atom. The smallest absolute Gasteiger partial charge is 0.250 e. The van der Waals surface area contributed by atoms with E-state index in [4.69, 9.17) is 14.2 Å². The van der Waals surface area contributed by atoms with Gasteiger partial charge < -0.3 is 23.9 Å². The SMILES string of the molecule is COc1ccc(C=C2Oc3c(ccc(O)c3CN3C[C@@H]4C[C@@H](C3)c3cccc(=O)n3C4)C2=O)cc1OC. The highest BCUT2D eigenvalue weighted by Gasteiger charge is 2.36. The van der Waals surface area contributed by atoms with Gasteiger partial charge in [0.05, 0.1) is 25.3 Å². The third-order valence-corrected chi connectivity index (χ3v) is 7.56. The molecule has 1 saturated heterocycles. The Kier molecular flexibility index (Phi) is 5.76. The number of benzene rings is 2. The molecule has 1 N–H and O–H groups in total. The first-order valence-corrected chi connectivity index (χ1v) is 12.4. The minimum absolute atomic E-state index is 0.0554. The number of Topliss-reactive ketones (excluding diaryl/α,β-unsaturated/α-hetero) is 1. The number of ketones is 1. The van der Waals surface area contributed by atoms with Crippen molar-refractivity contribution in [2.24, 2.45) is 5.92 Å². The highest BCUT2D eigenvalue weighted by Crippen LogP contribution is 2.42. The van der Waals surface area contributed by atoms with Gasteiger partial charge in [-0.05, 0) is 54.3 Å². The van der Waals surface area contributed by atoms with Crippen LogP contribution in [-0.4, -0.2) is 47.7 Å². The first-order valence-electron chi connectivity index (χ1n) is 12.4. The number of ether oxygens (including phenoxy) is 3. The molecule has 1 fully saturated rings. The fourth-order valence-electron chi connectivity index (χ4n) is 5.89. The van der Waals surface area contributed by atoms with Crippen LogP contribution in [0.15, 0.2) is 59.1 Å². The van der Waals surface area contributed by atoms with Gasteiger partial charge in [0.2, 0.25) is 5.78 Å². The van der Waals surface area contributed by atoms with Crippen LogP contribution in [-0.2, 0) is 13.1 Å². The Morgan fingerprint density at radius 2 is 1.86 bits per heavy atom. The van der Waals surface area contributed by atoms with Crippen LogP contribution in [0.25, 0.3) is 6.08 Å². The van der Waals surface area contributed by atoms with Crippen LogP contribution in [0.2, 0.25) is 0 Å². The van der Waals surface area contributed by atoms with Crippen LogP contribution in [0.3, 0.4) is 0 Å². The van der Waals surface area contributed by atoms with E-state index in [9.17, 15) is 14.7 Å². The summed E-state index contributed by atoms with van der Waals surface area (Å²) in [6.07, 6.45) is 2.72. The van der Waals surface area contributed by atoms with Crippen molar-refractivity contribution < 1.29 is 24.1 Å². The number of hydrogen-bond donors (Lipinski definition) is 1. The van der Waals surface area contributed by atoms with Crippen LogP contribution in [0.1, 0.15) is 39.5 Å². The van der Waals surface area contributed by atoms with E-state index in [1.54, 1.807) is 50.6 Å². The number of phenolic OH excluding ortho intramolecular Hbond substituents is 1. The Balaban J connectivity index is 1.27. The van der Waals surface area contributed by atoms with Gasteiger partial charge in [0, 0.05) is 43.9 Å². The number of methoxy groups -OCH3 is 2. The zero-order chi connectivity index (χ0) is 25.7. The number of phenols is 1. The summed E-state index contributed by atoms with van der Waals surface area (Å²) in [5.41, 5.74) is 2.90. The van der Waals surface area contributed by atoms with Crippen LogP contribution >= 0.6 is 0 Å². The van der Waals surface area contributed by atoms with Crippen molar-refractivity contribution in [1.82, 2.24) is 9.47 Å². The van der Waals surface area contributed by atoms with Gasteiger partial charge >= 0.3 is 0 Å². The number of pyridine rings is 1. The highest BCUT2D eigenvalue weighted by atomic mass is 16.5. The maximum Gasteiger partial charge on any atom is 0.250 e. The van der Waals surface area contributed by atoms with Crippen molar-refractivity contribution in [2.45, 2.75) is 25.4 Å². The molecule has 8 heteroatoms. The van der Waals surface area contributed by atoms with Gasteiger partial charge in [-0.25, -0.2) is 0 Å². The molecule has 2 aromatic carbocycles. The van der Waals surface area contributed by atoms with Gasteiger partial charge in [-0.2, -0.15) is 0 Å². The average Bonchev–Trinajstić information content (AvgIpc) is 3.21. The number of carbonyl (C=O) groups excluding carboxylic acids is 1. The summed E-state index contributed by atoms with van der Waals surface area (Å²) in [5.74, 6) is 2.23. The van der Waals surface area contributed by atoms with E-state index in [0.717, 1.165) is 30.8 Å². The maximum atomic E-state index is 13.2. The molecule has 4 heterocycles. The number of aromatic hydroxyl groups is 1. The van der Waals surface area contributed by atoms with Gasteiger partial charge in [-0.1, -0.05) is 12.1 Å². The summed E-state index contributed by atoms with van der Waals surface area (Å²) >= 11 is 0. The first-order chi connectivity index (χ1) is 17.9. The first kappa shape index (κ1) is 23.4. The molecule has 2 atom stereocenters. The third-order valence-electron chi connectivity index (χ3n) is 7.56. The second kappa shape index (κ2) is 9.12. The van der Waals surface area contributed by atoms with Crippen LogP contribution in [0, 0.1) is 5.92 Å². The fraction of sp³-hybridized carbons (Fsp3) is 0.310. The summed E-state index contributed by atoms with van der Waals surface area (Å²) in [7, 11) is 3.13. The zero-order valence-corrected chi connectivity index (χ0v) is 20.8. The standard InChI is InChI=1S/C29H28N2O6/c1-35-24-9-6-17(11-25(24)36-2)12-26-28(34)20-7-8-23(32)21(29(20)37-26)16-30-13-18-10-19(15-30)22-4-3-5-27(33)31(22)14-18/h3-9,11-12,18-19,32H,10,13-16H2,1-2H3/t18-,19-/m0/s1. The van der Waals surface area contributed by atoms with E-state index < -0.39 is 0 Å². The molecule has 0 unspecified atom stereocenters. The van der Waals surface area contributed by atoms with Gasteiger partial charge in [0.1, 0.15) is 11.5 Å². The van der Waals surface area contributed by atoms with Gasteiger partial charge in [0.15, 0.2) is 17.3 Å². The van der Waals surface area contributed by atoms with Gasteiger partial charge in [-0.3, -0.25) is 14.5 Å². The van der Waals surface area contributed by atoms with E-state index in [2.05, 4.69) is 4.90 Å². The number of piperidine rings is 1. The van der Waals surface area contributed by atoms with E-state index in [1.165, 1.54) is 0 Å². The second-order valence-electron chi connectivity index (χ2n) is 9.89. The molecule has 0 saturated carbocycles. The number of fused-ring (bicyclic) bond motifs is 5. The van der Waals surface area contributed by atoms with E-state index in [1.807, 2.05) is 22.8 Å². The molecule has 0 spiro atoms. The minimum atomic E-state index is -0.227. The zero-order valence-electron chi connectivity index (χ0n) is 20.8. The lowest BCUT2D eigenvalue weighted by Crippen LogP contribution is -2.46. The Morgan fingerprint density at radius 1 is 1.03 bits per heavy atom. The van der Waals surface area contributed by atoms with E-state index in [-0.39, 0.29) is 28.8 Å². The molecule has 8 nitrogen and oxygen atoms in total. The van der Waals surface area contributed by atoms with Crippen LogP contribution in [0.4, 0.5) is 0 Å². The molecular weight excluding hydrogens is 472 g/mol. The van der Waals surface area contributed by atoms with Crippen molar-refractivity contribution in [3.63, 3.8) is 0 Å². The summed E-state index contributed by atoms with van der Waals surface area (Å²) in [6, 6.07) is 14.0. The van der Waals surface area contributed by atoms with Gasteiger partial charge in [-0.15, -0.1) is 0 Å². The number of allylic oxidation sites excluding steroid dienone is 1. The maximum absolute atomic E-state index is 13.2.